The number of hydrogen-bond donors (Lipinski definition) is 2. The first-order chi connectivity index (χ1) is 15.4. The highest BCUT2D eigenvalue weighted by molar-refractivity contribution is 6.42. The van der Waals surface area contributed by atoms with Gasteiger partial charge >= 0.3 is 0 Å². The molecular formula is C22H23Cl2N7O. The number of carbonyl (C=O) groups excluding carboxylic acids is 1. The van der Waals surface area contributed by atoms with Crippen LogP contribution in [0.15, 0.2) is 42.7 Å². The fourth-order valence-corrected chi connectivity index (χ4v) is 3.86. The van der Waals surface area contributed by atoms with Crippen LogP contribution in [0.25, 0.3) is 0 Å². The predicted octanol–water partition coefficient (Wildman–Crippen LogP) is 4.52. The lowest BCUT2D eigenvalue weighted by molar-refractivity contribution is -0.114. The zero-order valence-electron chi connectivity index (χ0n) is 17.8. The number of benzene rings is 2. The third-order valence-corrected chi connectivity index (χ3v) is 6.02. The molecule has 3 aromatic rings. The van der Waals surface area contributed by atoms with Gasteiger partial charge in [0.25, 0.3) is 0 Å². The number of nitrogens with zero attached hydrogens (tertiary/aromatic N) is 5. The van der Waals surface area contributed by atoms with Crippen LogP contribution in [-0.2, 0) is 4.79 Å². The fourth-order valence-electron chi connectivity index (χ4n) is 3.56. The first-order valence-electron chi connectivity index (χ1n) is 10.2. The Morgan fingerprint density at radius 2 is 1.69 bits per heavy atom. The number of hydrogen-bond acceptors (Lipinski definition) is 7. The van der Waals surface area contributed by atoms with Crippen LogP contribution in [0, 0.1) is 6.92 Å². The normalized spacial score (nSPS) is 13.8. The highest BCUT2D eigenvalue weighted by Gasteiger charge is 2.20. The van der Waals surface area contributed by atoms with Crippen LogP contribution in [0.1, 0.15) is 12.5 Å². The Hall–Kier alpha value is -3.10. The van der Waals surface area contributed by atoms with Gasteiger partial charge in [-0.3, -0.25) is 4.79 Å². The van der Waals surface area contributed by atoms with Crippen LogP contribution >= 0.6 is 23.2 Å². The van der Waals surface area contributed by atoms with E-state index >= 15 is 0 Å². The Balaban J connectivity index is 1.44. The van der Waals surface area contributed by atoms with Gasteiger partial charge in [-0.15, -0.1) is 0 Å². The van der Waals surface area contributed by atoms with E-state index in [1.807, 2.05) is 43.3 Å². The largest absolute Gasteiger partial charge is 0.368 e. The molecule has 166 valence electrons. The molecule has 0 atom stereocenters. The van der Waals surface area contributed by atoms with Gasteiger partial charge in [0, 0.05) is 50.2 Å². The molecule has 0 unspecified atom stereocenters. The van der Waals surface area contributed by atoms with E-state index in [1.165, 1.54) is 13.3 Å². The average molecular weight is 472 g/mol. The maximum atomic E-state index is 11.4. The molecule has 0 spiro atoms. The third-order valence-electron chi connectivity index (χ3n) is 5.28. The SMILES string of the molecule is CC(=O)Nc1cccc(Nc2ncnc(N3CCN(c4ccc(Cl)c(Cl)c4)CC3)n2)c1C. The van der Waals surface area contributed by atoms with Crippen molar-refractivity contribution in [1.29, 1.82) is 0 Å². The zero-order valence-corrected chi connectivity index (χ0v) is 19.3. The molecule has 10 heteroatoms. The summed E-state index contributed by atoms with van der Waals surface area (Å²) in [5.41, 5.74) is 3.51. The van der Waals surface area contributed by atoms with Gasteiger partial charge in [0.1, 0.15) is 6.33 Å². The molecule has 32 heavy (non-hydrogen) atoms. The van der Waals surface area contributed by atoms with Gasteiger partial charge in [-0.05, 0) is 42.8 Å². The molecule has 0 saturated carbocycles. The van der Waals surface area contributed by atoms with Gasteiger partial charge in [0.15, 0.2) is 0 Å². The molecule has 0 aliphatic carbocycles. The molecule has 1 aliphatic heterocycles. The van der Waals surface area contributed by atoms with Gasteiger partial charge in [-0.1, -0.05) is 29.3 Å². The molecule has 1 amide bonds. The molecule has 2 heterocycles. The van der Waals surface area contributed by atoms with Crippen molar-refractivity contribution in [3.05, 3.63) is 58.3 Å². The average Bonchev–Trinajstić information content (AvgIpc) is 2.78. The summed E-state index contributed by atoms with van der Waals surface area (Å²) >= 11 is 12.2. The molecular weight excluding hydrogens is 449 g/mol. The molecule has 1 saturated heterocycles. The Labute approximate surface area is 196 Å². The van der Waals surface area contributed by atoms with E-state index in [-0.39, 0.29) is 5.91 Å². The van der Waals surface area contributed by atoms with Gasteiger partial charge in [0.2, 0.25) is 17.8 Å². The van der Waals surface area contributed by atoms with Crippen molar-refractivity contribution in [1.82, 2.24) is 15.0 Å². The second kappa shape index (κ2) is 9.58. The van der Waals surface area contributed by atoms with Gasteiger partial charge < -0.3 is 20.4 Å². The first kappa shape index (κ1) is 22.1. The van der Waals surface area contributed by atoms with Crippen LogP contribution in [0.3, 0.4) is 0 Å². The zero-order chi connectivity index (χ0) is 22.7. The van der Waals surface area contributed by atoms with Gasteiger partial charge in [-0.2, -0.15) is 4.98 Å². The van der Waals surface area contributed by atoms with E-state index in [1.54, 1.807) is 0 Å². The lowest BCUT2D eigenvalue weighted by Gasteiger charge is -2.36. The quantitative estimate of drug-likeness (QED) is 0.565. The topological polar surface area (TPSA) is 86.3 Å². The number of anilines is 5. The predicted molar refractivity (Wildman–Crippen MR) is 129 cm³/mol. The minimum absolute atomic E-state index is 0.118. The van der Waals surface area contributed by atoms with Crippen molar-refractivity contribution in [2.24, 2.45) is 0 Å². The molecule has 8 nitrogen and oxygen atoms in total. The number of nitrogens with one attached hydrogen (secondary N) is 2. The highest BCUT2D eigenvalue weighted by atomic mass is 35.5. The summed E-state index contributed by atoms with van der Waals surface area (Å²) in [5, 5.41) is 7.17. The molecule has 2 aromatic carbocycles. The van der Waals surface area contributed by atoms with Crippen LogP contribution < -0.4 is 20.4 Å². The Kier molecular flexibility index (Phi) is 6.62. The van der Waals surface area contributed by atoms with Gasteiger partial charge in [-0.25, -0.2) is 9.97 Å². The van der Waals surface area contributed by atoms with Crippen molar-refractivity contribution in [3.8, 4) is 0 Å². The molecule has 0 radical (unpaired) electrons. The second-order valence-electron chi connectivity index (χ2n) is 7.47. The minimum Gasteiger partial charge on any atom is -0.368 e. The van der Waals surface area contributed by atoms with Crippen molar-refractivity contribution < 1.29 is 4.79 Å². The van der Waals surface area contributed by atoms with Crippen LogP contribution in [0.5, 0.6) is 0 Å². The monoisotopic (exact) mass is 471 g/mol. The summed E-state index contributed by atoms with van der Waals surface area (Å²) < 4.78 is 0. The number of piperazine rings is 1. The molecule has 4 rings (SSSR count). The van der Waals surface area contributed by atoms with Crippen LogP contribution in [-0.4, -0.2) is 47.0 Å². The minimum atomic E-state index is -0.118. The smallest absolute Gasteiger partial charge is 0.232 e. The lowest BCUT2D eigenvalue weighted by Crippen LogP contribution is -2.47. The summed E-state index contributed by atoms with van der Waals surface area (Å²) in [4.78, 5) is 29.0. The number of aromatic nitrogens is 3. The van der Waals surface area contributed by atoms with Crippen LogP contribution in [0.4, 0.5) is 29.0 Å². The van der Waals surface area contributed by atoms with E-state index < -0.39 is 0 Å². The van der Waals surface area contributed by atoms with Gasteiger partial charge in [0.05, 0.1) is 10.0 Å². The fraction of sp³-hybridized carbons (Fsp3) is 0.273. The molecule has 0 bridgehead atoms. The van der Waals surface area contributed by atoms with E-state index in [9.17, 15) is 4.79 Å². The van der Waals surface area contributed by atoms with Crippen molar-refractivity contribution in [3.63, 3.8) is 0 Å². The second-order valence-corrected chi connectivity index (χ2v) is 8.28. The maximum Gasteiger partial charge on any atom is 0.232 e. The summed E-state index contributed by atoms with van der Waals surface area (Å²) in [6.45, 7) is 6.56. The number of rotatable bonds is 5. The Morgan fingerprint density at radius 3 is 2.41 bits per heavy atom. The summed E-state index contributed by atoms with van der Waals surface area (Å²) in [6, 6.07) is 11.3. The van der Waals surface area contributed by atoms with E-state index in [2.05, 4.69) is 35.4 Å². The molecule has 1 aliphatic rings. The maximum absolute atomic E-state index is 11.4. The first-order valence-corrected chi connectivity index (χ1v) is 10.9. The molecule has 1 fully saturated rings. The molecule has 2 N–H and O–H groups in total. The lowest BCUT2D eigenvalue weighted by atomic mass is 10.1. The van der Waals surface area contributed by atoms with Crippen LogP contribution in [0.2, 0.25) is 10.0 Å². The highest BCUT2D eigenvalue weighted by Crippen LogP contribution is 2.29. The summed E-state index contributed by atoms with van der Waals surface area (Å²) in [5.74, 6) is 0.949. The number of halogens is 2. The van der Waals surface area contributed by atoms with E-state index in [4.69, 9.17) is 23.2 Å². The Morgan fingerprint density at radius 1 is 0.969 bits per heavy atom. The van der Waals surface area contributed by atoms with E-state index in [0.29, 0.717) is 21.9 Å². The summed E-state index contributed by atoms with van der Waals surface area (Å²) in [7, 11) is 0. The summed E-state index contributed by atoms with van der Waals surface area (Å²) in [6.07, 6.45) is 1.50. The number of carbonyl (C=O) groups is 1. The molecule has 1 aromatic heterocycles. The van der Waals surface area contributed by atoms with Crippen molar-refractivity contribution in [2.75, 3.05) is 46.6 Å². The van der Waals surface area contributed by atoms with E-state index in [0.717, 1.165) is 48.8 Å². The van der Waals surface area contributed by atoms with Crippen molar-refractivity contribution >= 4 is 58.1 Å². The van der Waals surface area contributed by atoms with Crippen molar-refractivity contribution in [2.45, 2.75) is 13.8 Å². The number of amides is 1. The third kappa shape index (κ3) is 5.03. The standard InChI is InChI=1S/C22H23Cl2N7O/c1-14-19(27-15(2)32)4-3-5-20(14)28-21-25-13-26-22(29-21)31-10-8-30(9-11-31)16-6-7-17(23)18(24)12-16/h3-7,12-13H,8-11H2,1-2H3,(H,27,32)(H,25,26,28,29). The Bertz CT molecular complexity index is 1130.